The van der Waals surface area contributed by atoms with Gasteiger partial charge in [0.15, 0.2) is 0 Å². The topological polar surface area (TPSA) is 75.0 Å². The number of nitrogens with zero attached hydrogens (tertiary/aromatic N) is 1. The lowest BCUT2D eigenvalue weighted by Gasteiger charge is -1.80. The van der Waals surface area contributed by atoms with E-state index in [4.69, 9.17) is 5.26 Å². The van der Waals surface area contributed by atoms with Crippen LogP contribution in [0, 0.1) is 11.3 Å². The van der Waals surface area contributed by atoms with Crippen LogP contribution in [-0.4, -0.2) is 26.7 Å². The molecule has 0 bridgehead atoms. The summed E-state index contributed by atoms with van der Waals surface area (Å²) in [6.07, 6.45) is 2.32. The van der Waals surface area contributed by atoms with Crippen molar-refractivity contribution >= 4 is 15.6 Å². The molecule has 53 heavy (non-hydrogen) atoms. The van der Waals surface area contributed by atoms with Gasteiger partial charge in [-0.15, -0.1) is 0 Å². The summed E-state index contributed by atoms with van der Waals surface area (Å²) < 4.78 is 19.3. The first kappa shape index (κ1) is 66.5. The lowest BCUT2D eigenvalue weighted by atomic mass is 10.2. The van der Waals surface area contributed by atoms with Crippen molar-refractivity contribution in [2.24, 2.45) is 0 Å². The molecule has 0 amide bonds. The van der Waals surface area contributed by atoms with Gasteiger partial charge in [-0.05, 0) is 26.0 Å². The second kappa shape index (κ2) is 72.8. The van der Waals surface area contributed by atoms with Crippen LogP contribution in [0.25, 0.3) is 0 Å². The van der Waals surface area contributed by atoms with E-state index in [0.29, 0.717) is 5.56 Å². The maximum absolute atomic E-state index is 9.63. The number of hydrogen-bond acceptors (Lipinski definition) is 4. The molecule has 5 aromatic carbocycles. The van der Waals surface area contributed by atoms with Gasteiger partial charge in [0.25, 0.3) is 0 Å². The highest BCUT2D eigenvalue weighted by atomic mass is 32.2. The molecule has 0 spiro atoms. The third-order valence-corrected chi connectivity index (χ3v) is 3.57. The minimum absolute atomic E-state index is 0.167. The minimum Gasteiger partial charge on any atom is -0.300 e. The summed E-state index contributed by atoms with van der Waals surface area (Å²) in [6.45, 7) is 27.1. The molecule has 5 aromatic rings. The summed E-state index contributed by atoms with van der Waals surface area (Å²) in [5.74, 6) is 0.167. The average Bonchev–Trinajstić information content (AvgIpc) is 3.25. The van der Waals surface area contributed by atoms with Crippen molar-refractivity contribution in [1.82, 2.24) is 0 Å². The number of benzene rings is 5. The molecular formula is C48H77NO3S. The Kier molecular flexibility index (Phi) is 91.3. The van der Waals surface area contributed by atoms with Crippen molar-refractivity contribution in [3.63, 3.8) is 0 Å². The summed E-state index contributed by atoms with van der Waals surface area (Å²) >= 11 is 0. The lowest BCUT2D eigenvalue weighted by molar-refractivity contribution is -0.115. The number of Topliss-reactive ketones (excluding diaryl/α,β-unsaturated/α-hetero) is 1. The van der Waals surface area contributed by atoms with Crippen LogP contribution < -0.4 is 0 Å². The smallest absolute Gasteiger partial charge is 0.144 e. The van der Waals surface area contributed by atoms with Gasteiger partial charge in [-0.2, -0.15) is 5.26 Å². The third-order valence-electron chi connectivity index (χ3n) is 3.57. The van der Waals surface area contributed by atoms with Gasteiger partial charge in [0.1, 0.15) is 15.6 Å². The van der Waals surface area contributed by atoms with E-state index in [1.807, 2.05) is 253 Å². The van der Waals surface area contributed by atoms with Gasteiger partial charge in [-0.1, -0.05) is 247 Å². The van der Waals surface area contributed by atoms with Gasteiger partial charge < -0.3 is 4.79 Å². The van der Waals surface area contributed by atoms with Gasteiger partial charge in [-0.25, -0.2) is 8.42 Å². The number of hydrogen-bond donors (Lipinski definition) is 0. The first-order valence-corrected chi connectivity index (χ1v) is 21.0. The van der Waals surface area contributed by atoms with Crippen molar-refractivity contribution in [3.8, 4) is 6.07 Å². The van der Waals surface area contributed by atoms with Crippen LogP contribution in [-0.2, 0) is 14.6 Å². The predicted molar refractivity (Wildman–Crippen MR) is 242 cm³/mol. The van der Waals surface area contributed by atoms with E-state index in [1.165, 1.54) is 13.8 Å². The normalized spacial score (nSPS) is 7.08. The van der Waals surface area contributed by atoms with E-state index in [-0.39, 0.29) is 5.78 Å². The molecule has 0 aromatic heterocycles. The highest BCUT2D eigenvalue weighted by Gasteiger charge is 1.80. The second-order valence-electron chi connectivity index (χ2n) is 8.15. The summed E-state index contributed by atoms with van der Waals surface area (Å²) in [5, 5.41) is 8.29. The Hall–Kier alpha value is -4.79. The summed E-state index contributed by atoms with van der Waals surface area (Å²) in [7, 11) is -2.67. The van der Waals surface area contributed by atoms with Crippen molar-refractivity contribution in [2.75, 3.05) is 12.5 Å². The van der Waals surface area contributed by atoms with E-state index in [0.717, 1.165) is 12.5 Å². The monoisotopic (exact) mass is 748 g/mol. The molecule has 0 unspecified atom stereocenters. The number of sulfone groups is 1. The molecule has 0 fully saturated rings. The van der Waals surface area contributed by atoms with Crippen LogP contribution >= 0.6 is 0 Å². The molecule has 0 aliphatic heterocycles. The number of carbonyl (C=O) groups excluding carboxylic acids is 1. The van der Waals surface area contributed by atoms with Gasteiger partial charge in [0, 0.05) is 12.5 Å². The van der Waals surface area contributed by atoms with Crippen LogP contribution in [0.15, 0.2) is 176 Å². The molecule has 4 nitrogen and oxygen atoms in total. The zero-order valence-electron chi connectivity index (χ0n) is 36.3. The van der Waals surface area contributed by atoms with E-state index in [9.17, 15) is 13.2 Å². The Morgan fingerprint density at radius 1 is 0.377 bits per heavy atom. The Labute approximate surface area is 329 Å². The molecule has 298 valence electrons. The largest absolute Gasteiger partial charge is 0.300 e. The molecule has 0 atom stereocenters. The quantitative estimate of drug-likeness (QED) is 0.158. The van der Waals surface area contributed by atoms with Gasteiger partial charge in [0.05, 0.1) is 11.6 Å². The van der Waals surface area contributed by atoms with Crippen molar-refractivity contribution < 1.29 is 13.2 Å². The molecule has 0 saturated carbocycles. The molecule has 0 radical (unpaired) electrons. The zero-order valence-corrected chi connectivity index (χ0v) is 37.1. The second-order valence-corrected chi connectivity index (χ2v) is 10.4. The summed E-state index contributed by atoms with van der Waals surface area (Å²) in [4.78, 5) is 9.44. The van der Waals surface area contributed by atoms with Crippen molar-refractivity contribution in [3.05, 3.63) is 181 Å². The van der Waals surface area contributed by atoms with Gasteiger partial charge in [0.2, 0.25) is 0 Å². The van der Waals surface area contributed by atoms with Crippen LogP contribution in [0.3, 0.4) is 0 Å². The fourth-order valence-electron chi connectivity index (χ4n) is 2.05. The highest BCUT2D eigenvalue weighted by molar-refractivity contribution is 7.89. The highest BCUT2D eigenvalue weighted by Crippen LogP contribution is 1.93. The van der Waals surface area contributed by atoms with E-state index in [2.05, 4.69) is 0 Å². The predicted octanol–water partition coefficient (Wildman–Crippen LogP) is 14.7. The standard InChI is InChI=1S/C7H5N.4C6H6.C3H6O.C2H6O2S.6C2H6/c8-6-7-4-2-1-3-5-7;4*1-2-4-6-5-3-1;1-3(2)4;1-5(2,3)4;6*1-2/h1-5H;4*1-6H;1-2H3;1-2H3;6*1-2H3. The van der Waals surface area contributed by atoms with Gasteiger partial charge >= 0.3 is 0 Å². The number of ketones is 1. The first-order valence-electron chi connectivity index (χ1n) is 18.7. The summed E-state index contributed by atoms with van der Waals surface area (Å²) in [5.41, 5.74) is 0.715. The fourth-order valence-corrected chi connectivity index (χ4v) is 2.05. The van der Waals surface area contributed by atoms with Crippen LogP contribution in [0.1, 0.15) is 102 Å². The number of nitriles is 1. The Morgan fingerprint density at radius 3 is 0.547 bits per heavy atom. The average molecular weight is 748 g/mol. The molecule has 0 aliphatic carbocycles. The molecule has 0 heterocycles. The molecular weight excluding hydrogens is 671 g/mol. The molecule has 0 aliphatic rings. The fraction of sp³-hybridized carbons (Fsp3) is 0.333. The molecule has 5 heteroatoms. The van der Waals surface area contributed by atoms with E-state index >= 15 is 0 Å². The first-order chi connectivity index (χ1) is 25.7. The zero-order chi connectivity index (χ0) is 42.9. The maximum atomic E-state index is 9.63. The minimum atomic E-state index is -2.67. The number of rotatable bonds is 0. The molecule has 0 N–H and O–H groups in total. The van der Waals surface area contributed by atoms with Crippen LogP contribution in [0.5, 0.6) is 0 Å². The van der Waals surface area contributed by atoms with E-state index in [1.54, 1.807) is 12.1 Å². The van der Waals surface area contributed by atoms with E-state index < -0.39 is 9.84 Å². The lowest BCUT2D eigenvalue weighted by Crippen LogP contribution is -1.86. The van der Waals surface area contributed by atoms with Crippen LogP contribution in [0.4, 0.5) is 0 Å². The Morgan fingerprint density at radius 2 is 0.472 bits per heavy atom. The number of carbonyl (C=O) groups is 1. The Bertz CT molecular complexity index is 1080. The molecule has 5 rings (SSSR count). The van der Waals surface area contributed by atoms with Gasteiger partial charge in [-0.3, -0.25) is 0 Å². The van der Waals surface area contributed by atoms with Crippen molar-refractivity contribution in [2.45, 2.75) is 96.9 Å². The third kappa shape index (κ3) is 113. The SMILES string of the molecule is CC.CC.CC.CC.CC.CC.CC(C)=O.CS(C)(=O)=O.N#Cc1ccccc1.c1ccccc1.c1ccccc1.c1ccccc1.c1ccccc1. The van der Waals surface area contributed by atoms with Crippen molar-refractivity contribution in [1.29, 1.82) is 5.26 Å². The van der Waals surface area contributed by atoms with Crippen LogP contribution in [0.2, 0.25) is 0 Å². The Balaban J connectivity index is -0.0000000713. The maximum Gasteiger partial charge on any atom is 0.144 e. The molecule has 0 saturated heterocycles. The summed E-state index contributed by atoms with van der Waals surface area (Å²) in [6, 6.07) is 59.2.